The third-order valence-corrected chi connectivity index (χ3v) is 5.05. The molecule has 1 nitrogen and oxygen atoms in total. The van der Waals surface area contributed by atoms with Crippen LogP contribution in [0.3, 0.4) is 0 Å². The second kappa shape index (κ2) is 6.33. The highest BCUT2D eigenvalue weighted by atomic mass is 79.9. The number of nitrogens with one attached hydrogen (secondary N) is 1. The number of halogens is 1. The standard InChI is InChI=1S/C17H18BrNS/c1-12-10-17(20-16-8-3-14(18)4-9-16)7-2-13(12)11-19-15-5-6-15/h2-4,7-10,15,19H,5-6,11H2,1H3. The molecule has 104 valence electrons. The first kappa shape index (κ1) is 14.2. The highest BCUT2D eigenvalue weighted by molar-refractivity contribution is 9.10. The minimum Gasteiger partial charge on any atom is -0.310 e. The number of rotatable bonds is 5. The molecule has 1 fully saturated rings. The Hall–Kier alpha value is -0.770. The highest BCUT2D eigenvalue weighted by Gasteiger charge is 2.20. The maximum Gasteiger partial charge on any atom is 0.0210 e. The van der Waals surface area contributed by atoms with Gasteiger partial charge in [-0.2, -0.15) is 0 Å². The van der Waals surface area contributed by atoms with E-state index in [-0.39, 0.29) is 0 Å². The van der Waals surface area contributed by atoms with E-state index in [0.717, 1.165) is 17.1 Å². The topological polar surface area (TPSA) is 12.0 Å². The van der Waals surface area contributed by atoms with Crippen LogP contribution in [-0.2, 0) is 6.54 Å². The number of hydrogen-bond acceptors (Lipinski definition) is 2. The third-order valence-electron chi connectivity index (χ3n) is 3.52. The Labute approximate surface area is 133 Å². The first-order valence-corrected chi connectivity index (χ1v) is 8.58. The lowest BCUT2D eigenvalue weighted by Crippen LogP contribution is -2.15. The van der Waals surface area contributed by atoms with Crippen LogP contribution in [0.15, 0.2) is 56.7 Å². The molecule has 0 radical (unpaired) electrons. The van der Waals surface area contributed by atoms with Gasteiger partial charge < -0.3 is 5.32 Å². The first-order chi connectivity index (χ1) is 9.70. The van der Waals surface area contributed by atoms with Gasteiger partial charge in [-0.3, -0.25) is 0 Å². The maximum atomic E-state index is 3.58. The molecule has 1 aliphatic rings. The summed E-state index contributed by atoms with van der Waals surface area (Å²) in [6.45, 7) is 3.20. The van der Waals surface area contributed by atoms with Gasteiger partial charge in [0.1, 0.15) is 0 Å². The van der Waals surface area contributed by atoms with E-state index in [9.17, 15) is 0 Å². The maximum absolute atomic E-state index is 3.58. The van der Waals surface area contributed by atoms with Crippen LogP contribution >= 0.6 is 27.7 Å². The van der Waals surface area contributed by atoms with Crippen LogP contribution in [0.25, 0.3) is 0 Å². The van der Waals surface area contributed by atoms with Crippen molar-refractivity contribution in [3.8, 4) is 0 Å². The molecule has 3 heteroatoms. The summed E-state index contributed by atoms with van der Waals surface area (Å²) >= 11 is 5.28. The summed E-state index contributed by atoms with van der Waals surface area (Å²) in [5, 5.41) is 3.58. The van der Waals surface area contributed by atoms with E-state index in [2.05, 4.69) is 70.6 Å². The molecule has 2 aromatic rings. The van der Waals surface area contributed by atoms with Gasteiger partial charge in [0, 0.05) is 26.9 Å². The van der Waals surface area contributed by atoms with Crippen LogP contribution in [0.2, 0.25) is 0 Å². The van der Waals surface area contributed by atoms with Crippen molar-refractivity contribution in [1.82, 2.24) is 5.32 Å². The van der Waals surface area contributed by atoms with Gasteiger partial charge in [-0.15, -0.1) is 0 Å². The summed E-state index contributed by atoms with van der Waals surface area (Å²) in [6.07, 6.45) is 2.69. The van der Waals surface area contributed by atoms with Crippen molar-refractivity contribution in [2.75, 3.05) is 0 Å². The zero-order valence-corrected chi connectivity index (χ0v) is 13.9. The first-order valence-electron chi connectivity index (χ1n) is 6.97. The van der Waals surface area contributed by atoms with Crippen molar-refractivity contribution >= 4 is 27.7 Å². The van der Waals surface area contributed by atoms with Crippen molar-refractivity contribution in [3.63, 3.8) is 0 Å². The average Bonchev–Trinajstić information content (AvgIpc) is 3.25. The Morgan fingerprint density at radius 3 is 2.45 bits per heavy atom. The van der Waals surface area contributed by atoms with Crippen LogP contribution in [-0.4, -0.2) is 6.04 Å². The average molecular weight is 348 g/mol. The van der Waals surface area contributed by atoms with Crippen molar-refractivity contribution in [2.45, 2.75) is 42.1 Å². The summed E-state index contributed by atoms with van der Waals surface area (Å²) in [7, 11) is 0. The SMILES string of the molecule is Cc1cc(Sc2ccc(Br)cc2)ccc1CNC1CC1. The van der Waals surface area contributed by atoms with Gasteiger partial charge in [0.2, 0.25) is 0 Å². The summed E-state index contributed by atoms with van der Waals surface area (Å²) in [5.74, 6) is 0. The smallest absolute Gasteiger partial charge is 0.0210 e. The Balaban J connectivity index is 1.67. The van der Waals surface area contributed by atoms with Crippen LogP contribution < -0.4 is 5.32 Å². The highest BCUT2D eigenvalue weighted by Crippen LogP contribution is 2.30. The van der Waals surface area contributed by atoms with E-state index < -0.39 is 0 Å². The molecule has 0 amide bonds. The molecular weight excluding hydrogens is 330 g/mol. The minimum atomic E-state index is 0.770. The zero-order valence-electron chi connectivity index (χ0n) is 11.5. The van der Waals surface area contributed by atoms with E-state index >= 15 is 0 Å². The second-order valence-electron chi connectivity index (χ2n) is 5.30. The Morgan fingerprint density at radius 2 is 1.80 bits per heavy atom. The van der Waals surface area contributed by atoms with Crippen molar-refractivity contribution < 1.29 is 0 Å². The molecular formula is C17H18BrNS. The summed E-state index contributed by atoms with van der Waals surface area (Å²) in [6, 6.07) is 16.0. The van der Waals surface area contributed by atoms with Gasteiger partial charge in [0.15, 0.2) is 0 Å². The molecule has 1 saturated carbocycles. The van der Waals surface area contributed by atoms with Gasteiger partial charge in [0.25, 0.3) is 0 Å². The molecule has 1 N–H and O–H groups in total. The van der Waals surface area contributed by atoms with E-state index in [0.29, 0.717) is 0 Å². The molecule has 3 rings (SSSR count). The van der Waals surface area contributed by atoms with E-state index in [4.69, 9.17) is 0 Å². The molecule has 20 heavy (non-hydrogen) atoms. The molecule has 2 aromatic carbocycles. The predicted molar refractivity (Wildman–Crippen MR) is 89.3 cm³/mol. The molecule has 0 spiro atoms. The van der Waals surface area contributed by atoms with Gasteiger partial charge >= 0.3 is 0 Å². The summed E-state index contributed by atoms with van der Waals surface area (Å²) < 4.78 is 1.12. The van der Waals surface area contributed by atoms with Crippen molar-refractivity contribution in [1.29, 1.82) is 0 Å². The molecule has 0 aliphatic heterocycles. The van der Waals surface area contributed by atoms with Gasteiger partial charge in [-0.05, 0) is 67.3 Å². The predicted octanol–water partition coefficient (Wildman–Crippen LogP) is 5.16. The van der Waals surface area contributed by atoms with E-state index in [1.165, 1.54) is 33.8 Å². The van der Waals surface area contributed by atoms with Gasteiger partial charge in [0.05, 0.1) is 0 Å². The summed E-state index contributed by atoms with van der Waals surface area (Å²) in [5.41, 5.74) is 2.79. The van der Waals surface area contributed by atoms with Crippen LogP contribution in [0, 0.1) is 6.92 Å². The molecule has 1 aliphatic carbocycles. The van der Waals surface area contributed by atoms with Crippen molar-refractivity contribution in [2.24, 2.45) is 0 Å². The van der Waals surface area contributed by atoms with Gasteiger partial charge in [-0.1, -0.05) is 33.8 Å². The lowest BCUT2D eigenvalue weighted by atomic mass is 10.1. The van der Waals surface area contributed by atoms with Crippen LogP contribution in [0.4, 0.5) is 0 Å². The van der Waals surface area contributed by atoms with Crippen LogP contribution in [0.1, 0.15) is 24.0 Å². The van der Waals surface area contributed by atoms with Gasteiger partial charge in [-0.25, -0.2) is 0 Å². The molecule has 0 bridgehead atoms. The van der Waals surface area contributed by atoms with E-state index in [1.807, 2.05) is 11.8 Å². The fourth-order valence-electron chi connectivity index (χ4n) is 2.11. The number of hydrogen-bond donors (Lipinski definition) is 1. The molecule has 0 atom stereocenters. The Bertz CT molecular complexity index is 590. The second-order valence-corrected chi connectivity index (χ2v) is 7.36. The minimum absolute atomic E-state index is 0.770. The molecule has 0 unspecified atom stereocenters. The lowest BCUT2D eigenvalue weighted by molar-refractivity contribution is 0.685. The quantitative estimate of drug-likeness (QED) is 0.801. The zero-order chi connectivity index (χ0) is 13.9. The Morgan fingerprint density at radius 1 is 1.10 bits per heavy atom. The summed E-state index contributed by atoms with van der Waals surface area (Å²) in [4.78, 5) is 2.58. The molecule has 0 heterocycles. The fraction of sp³-hybridized carbons (Fsp3) is 0.294. The normalized spacial score (nSPS) is 14.5. The third kappa shape index (κ3) is 3.87. The van der Waals surface area contributed by atoms with Crippen molar-refractivity contribution in [3.05, 3.63) is 58.1 Å². The number of aryl methyl sites for hydroxylation is 1. The largest absolute Gasteiger partial charge is 0.310 e. The molecule has 0 aromatic heterocycles. The van der Waals surface area contributed by atoms with Crippen LogP contribution in [0.5, 0.6) is 0 Å². The fourth-order valence-corrected chi connectivity index (χ4v) is 3.29. The molecule has 0 saturated heterocycles. The lowest BCUT2D eigenvalue weighted by Gasteiger charge is -2.09. The van der Waals surface area contributed by atoms with E-state index in [1.54, 1.807) is 0 Å². The monoisotopic (exact) mass is 347 g/mol. The number of benzene rings is 2. The Kier molecular flexibility index (Phi) is 4.49.